The van der Waals surface area contributed by atoms with Gasteiger partial charge in [-0.3, -0.25) is 4.79 Å². The second-order valence-electron chi connectivity index (χ2n) is 5.85. The molecule has 0 aromatic carbocycles. The predicted molar refractivity (Wildman–Crippen MR) is 73.1 cm³/mol. The van der Waals surface area contributed by atoms with Crippen LogP contribution in [0.5, 0.6) is 0 Å². The van der Waals surface area contributed by atoms with Crippen LogP contribution in [0.25, 0.3) is 0 Å². The van der Waals surface area contributed by atoms with Gasteiger partial charge in [-0.25, -0.2) is 9.97 Å². The topological polar surface area (TPSA) is 58.1 Å². The molecule has 19 heavy (non-hydrogen) atoms. The summed E-state index contributed by atoms with van der Waals surface area (Å²) in [5, 5.41) is 3.39. The molecular weight excluding hydrogens is 264 g/mol. The number of fused-ring (bicyclic) bond motifs is 1. The first-order valence-corrected chi connectivity index (χ1v) is 6.91. The molecule has 1 saturated heterocycles. The van der Waals surface area contributed by atoms with E-state index in [0.717, 1.165) is 38.2 Å². The molecule has 102 valence electrons. The van der Waals surface area contributed by atoms with E-state index in [9.17, 15) is 4.79 Å². The van der Waals surface area contributed by atoms with Crippen molar-refractivity contribution in [3.8, 4) is 0 Å². The van der Waals surface area contributed by atoms with Crippen LogP contribution in [-0.4, -0.2) is 35.0 Å². The molecule has 0 unspecified atom stereocenters. The molecule has 0 bridgehead atoms. The summed E-state index contributed by atoms with van der Waals surface area (Å²) in [7, 11) is 0. The highest BCUT2D eigenvalue weighted by Crippen LogP contribution is 2.44. The number of hydrogen-bond acceptors (Lipinski definition) is 4. The molecule has 1 aliphatic carbocycles. The summed E-state index contributed by atoms with van der Waals surface area (Å²) in [5.41, 5.74) is -0.0329. The van der Waals surface area contributed by atoms with Crippen molar-refractivity contribution in [2.45, 2.75) is 25.3 Å². The standard InChI is InChI=1S/C13H17ClN4O/c1-13(17-8-19)2-9-6-18(7-10(9)3-13)12-5-15-11(14)4-16-12/h4-5,8-10H,2-3,6-7H2,1H3,(H,17,19)/t9-,10+,13+. The summed E-state index contributed by atoms with van der Waals surface area (Å²) in [6.07, 6.45) is 6.21. The van der Waals surface area contributed by atoms with Gasteiger partial charge in [-0.2, -0.15) is 0 Å². The Labute approximate surface area is 117 Å². The van der Waals surface area contributed by atoms with Gasteiger partial charge in [0.15, 0.2) is 0 Å². The van der Waals surface area contributed by atoms with Gasteiger partial charge < -0.3 is 10.2 Å². The fourth-order valence-electron chi connectivity index (χ4n) is 3.56. The van der Waals surface area contributed by atoms with Crippen LogP contribution in [0.15, 0.2) is 12.4 Å². The lowest BCUT2D eigenvalue weighted by molar-refractivity contribution is -0.111. The number of carbonyl (C=O) groups excluding carboxylic acids is 1. The largest absolute Gasteiger partial charge is 0.355 e. The van der Waals surface area contributed by atoms with E-state index in [2.05, 4.69) is 27.1 Å². The van der Waals surface area contributed by atoms with E-state index in [0.29, 0.717) is 17.0 Å². The number of nitrogens with one attached hydrogen (secondary N) is 1. The fourth-order valence-corrected chi connectivity index (χ4v) is 3.66. The first-order valence-electron chi connectivity index (χ1n) is 6.53. The maximum absolute atomic E-state index is 10.7. The van der Waals surface area contributed by atoms with Crippen LogP contribution < -0.4 is 10.2 Å². The number of halogens is 1. The Balaban J connectivity index is 1.68. The highest BCUT2D eigenvalue weighted by atomic mass is 35.5. The van der Waals surface area contributed by atoms with Gasteiger partial charge >= 0.3 is 0 Å². The van der Waals surface area contributed by atoms with Crippen molar-refractivity contribution in [2.24, 2.45) is 11.8 Å². The third-order valence-electron chi connectivity index (χ3n) is 4.34. The zero-order valence-electron chi connectivity index (χ0n) is 10.8. The molecule has 1 saturated carbocycles. The van der Waals surface area contributed by atoms with E-state index >= 15 is 0 Å². The van der Waals surface area contributed by atoms with Crippen LogP contribution >= 0.6 is 11.6 Å². The van der Waals surface area contributed by atoms with E-state index in [1.807, 2.05) is 0 Å². The molecule has 1 aromatic heterocycles. The second kappa shape index (κ2) is 4.63. The average molecular weight is 281 g/mol. The highest BCUT2D eigenvalue weighted by Gasteiger charge is 2.46. The number of carbonyl (C=O) groups is 1. The van der Waals surface area contributed by atoms with Gasteiger partial charge in [-0.1, -0.05) is 11.6 Å². The summed E-state index contributed by atoms with van der Waals surface area (Å²) in [6.45, 7) is 4.10. The maximum atomic E-state index is 10.7. The zero-order valence-corrected chi connectivity index (χ0v) is 11.6. The van der Waals surface area contributed by atoms with Crippen molar-refractivity contribution in [1.29, 1.82) is 0 Å². The van der Waals surface area contributed by atoms with Gasteiger partial charge in [-0.15, -0.1) is 0 Å². The van der Waals surface area contributed by atoms with Crippen molar-refractivity contribution in [3.05, 3.63) is 17.5 Å². The molecule has 1 amide bonds. The smallest absolute Gasteiger partial charge is 0.207 e. The normalized spacial score (nSPS) is 33.3. The maximum Gasteiger partial charge on any atom is 0.207 e. The summed E-state index contributed by atoms with van der Waals surface area (Å²) in [4.78, 5) is 21.3. The molecule has 3 rings (SSSR count). The van der Waals surface area contributed by atoms with E-state index in [4.69, 9.17) is 11.6 Å². The second-order valence-corrected chi connectivity index (χ2v) is 6.24. The van der Waals surface area contributed by atoms with Crippen LogP contribution in [0.2, 0.25) is 5.15 Å². The summed E-state index contributed by atoms with van der Waals surface area (Å²) >= 11 is 5.75. The lowest BCUT2D eigenvalue weighted by Gasteiger charge is -2.26. The van der Waals surface area contributed by atoms with Crippen LogP contribution in [0.4, 0.5) is 5.82 Å². The third-order valence-corrected chi connectivity index (χ3v) is 4.54. The van der Waals surface area contributed by atoms with E-state index in [-0.39, 0.29) is 5.54 Å². The molecule has 1 N–H and O–H groups in total. The minimum absolute atomic E-state index is 0.0329. The number of rotatable bonds is 3. The number of hydrogen-bond donors (Lipinski definition) is 1. The Bertz CT molecular complexity index is 464. The number of amides is 1. The fraction of sp³-hybridized carbons (Fsp3) is 0.615. The van der Waals surface area contributed by atoms with E-state index < -0.39 is 0 Å². The Kier molecular flexibility index (Phi) is 3.09. The van der Waals surface area contributed by atoms with Gasteiger partial charge in [0.1, 0.15) is 11.0 Å². The van der Waals surface area contributed by atoms with Crippen molar-refractivity contribution < 1.29 is 4.79 Å². The zero-order chi connectivity index (χ0) is 13.5. The summed E-state index contributed by atoms with van der Waals surface area (Å²) < 4.78 is 0. The molecule has 2 heterocycles. The van der Waals surface area contributed by atoms with Crippen LogP contribution in [0.1, 0.15) is 19.8 Å². The predicted octanol–water partition coefficient (Wildman–Crippen LogP) is 1.48. The SMILES string of the molecule is C[C@@]1(NC=O)C[C@H]2CN(c3cnc(Cl)cn3)C[C@H]2C1. The number of anilines is 1. The van der Waals surface area contributed by atoms with Crippen molar-refractivity contribution in [3.63, 3.8) is 0 Å². The summed E-state index contributed by atoms with van der Waals surface area (Å²) in [5.74, 6) is 2.13. The van der Waals surface area contributed by atoms with E-state index in [1.54, 1.807) is 12.4 Å². The van der Waals surface area contributed by atoms with Crippen molar-refractivity contribution in [1.82, 2.24) is 15.3 Å². The molecule has 5 nitrogen and oxygen atoms in total. The van der Waals surface area contributed by atoms with Crippen LogP contribution in [0.3, 0.4) is 0 Å². The van der Waals surface area contributed by atoms with Gasteiger partial charge in [0.05, 0.1) is 12.4 Å². The monoisotopic (exact) mass is 280 g/mol. The molecule has 0 spiro atoms. The van der Waals surface area contributed by atoms with Crippen LogP contribution in [0, 0.1) is 11.8 Å². The lowest BCUT2D eigenvalue weighted by Crippen LogP contribution is -2.40. The first-order chi connectivity index (χ1) is 9.09. The Morgan fingerprint density at radius 1 is 1.37 bits per heavy atom. The van der Waals surface area contributed by atoms with Gasteiger partial charge in [0, 0.05) is 18.6 Å². The molecule has 1 aliphatic heterocycles. The minimum Gasteiger partial charge on any atom is -0.355 e. The minimum atomic E-state index is -0.0329. The third kappa shape index (κ3) is 2.39. The van der Waals surface area contributed by atoms with Gasteiger partial charge in [-0.05, 0) is 31.6 Å². The quantitative estimate of drug-likeness (QED) is 0.852. The van der Waals surface area contributed by atoms with Crippen LogP contribution in [-0.2, 0) is 4.79 Å². The molecular formula is C13H17ClN4O. The Morgan fingerprint density at radius 2 is 2.05 bits per heavy atom. The first kappa shape index (κ1) is 12.7. The highest BCUT2D eigenvalue weighted by molar-refractivity contribution is 6.29. The van der Waals surface area contributed by atoms with Crippen molar-refractivity contribution in [2.75, 3.05) is 18.0 Å². The number of nitrogens with zero attached hydrogens (tertiary/aromatic N) is 3. The molecule has 2 aliphatic rings. The van der Waals surface area contributed by atoms with E-state index in [1.165, 1.54) is 0 Å². The van der Waals surface area contributed by atoms with Crippen molar-refractivity contribution >= 4 is 23.8 Å². The lowest BCUT2D eigenvalue weighted by atomic mass is 9.98. The molecule has 2 fully saturated rings. The summed E-state index contributed by atoms with van der Waals surface area (Å²) in [6, 6.07) is 0. The Hall–Kier alpha value is -1.36. The van der Waals surface area contributed by atoms with Gasteiger partial charge in [0.25, 0.3) is 0 Å². The molecule has 1 aromatic rings. The van der Waals surface area contributed by atoms with Gasteiger partial charge in [0.2, 0.25) is 6.41 Å². The Morgan fingerprint density at radius 3 is 2.58 bits per heavy atom. The molecule has 0 radical (unpaired) electrons. The molecule has 6 heteroatoms. The number of aromatic nitrogens is 2. The average Bonchev–Trinajstić information content (AvgIpc) is 2.85. The molecule has 3 atom stereocenters.